The summed E-state index contributed by atoms with van der Waals surface area (Å²) in [5, 5.41) is 10.5. The predicted molar refractivity (Wildman–Crippen MR) is 61.7 cm³/mol. The lowest BCUT2D eigenvalue weighted by atomic mass is 10.0. The molecular weight excluding hydrogens is 265 g/mol. The molecule has 0 fully saturated rings. The minimum Gasteiger partial charge on any atom is -0.477 e. The number of hydrogen-bond donors (Lipinski definition) is 1. The van der Waals surface area contributed by atoms with Crippen LogP contribution in [-0.4, -0.2) is 11.1 Å². The van der Waals surface area contributed by atoms with Crippen LogP contribution in [0.5, 0.6) is 0 Å². The van der Waals surface area contributed by atoms with Crippen molar-refractivity contribution in [3.8, 4) is 11.1 Å². The van der Waals surface area contributed by atoms with E-state index in [1.54, 1.807) is 5.38 Å². The molecule has 2 aromatic rings. The highest BCUT2D eigenvalue weighted by molar-refractivity contribution is 7.12. The van der Waals surface area contributed by atoms with E-state index in [-0.39, 0.29) is 10.4 Å². The van der Waals surface area contributed by atoms with Crippen LogP contribution >= 0.6 is 11.3 Å². The van der Waals surface area contributed by atoms with E-state index in [4.69, 9.17) is 5.11 Å². The Bertz CT molecular complexity index is 587. The molecule has 2 nitrogen and oxygen atoms in total. The van der Waals surface area contributed by atoms with E-state index in [0.29, 0.717) is 5.56 Å². The quantitative estimate of drug-likeness (QED) is 0.892. The van der Waals surface area contributed by atoms with Gasteiger partial charge in [-0.05, 0) is 29.1 Å². The molecule has 0 radical (unpaired) electrons. The van der Waals surface area contributed by atoms with Gasteiger partial charge in [0.1, 0.15) is 4.88 Å². The second-order valence-corrected chi connectivity index (χ2v) is 4.46. The molecule has 0 aliphatic carbocycles. The standard InChI is InChI=1S/C12H7F3O2S/c13-12(14,15)8-3-1-2-7(6-8)9-4-5-18-10(9)11(16)17/h1-6H,(H,16,17). The summed E-state index contributed by atoms with van der Waals surface area (Å²) in [4.78, 5) is 11.0. The first-order valence-electron chi connectivity index (χ1n) is 4.88. The van der Waals surface area contributed by atoms with E-state index < -0.39 is 17.7 Å². The van der Waals surface area contributed by atoms with Crippen LogP contribution in [0.4, 0.5) is 13.2 Å². The fourth-order valence-corrected chi connectivity index (χ4v) is 2.32. The maximum absolute atomic E-state index is 12.6. The summed E-state index contributed by atoms with van der Waals surface area (Å²) in [5.74, 6) is -1.14. The zero-order chi connectivity index (χ0) is 13.3. The van der Waals surface area contributed by atoms with Crippen LogP contribution in [0.15, 0.2) is 35.7 Å². The molecule has 6 heteroatoms. The van der Waals surface area contributed by atoms with Gasteiger partial charge in [0.15, 0.2) is 0 Å². The molecule has 1 N–H and O–H groups in total. The number of aromatic carboxylic acids is 1. The van der Waals surface area contributed by atoms with E-state index >= 15 is 0 Å². The van der Waals surface area contributed by atoms with Crippen molar-refractivity contribution in [2.45, 2.75) is 6.18 Å². The van der Waals surface area contributed by atoms with Crippen molar-refractivity contribution in [2.75, 3.05) is 0 Å². The number of carbonyl (C=O) groups is 1. The van der Waals surface area contributed by atoms with Crippen LogP contribution in [0.2, 0.25) is 0 Å². The van der Waals surface area contributed by atoms with Gasteiger partial charge in [-0.15, -0.1) is 11.3 Å². The second kappa shape index (κ2) is 4.45. The summed E-state index contributed by atoms with van der Waals surface area (Å²) in [6.07, 6.45) is -4.44. The van der Waals surface area contributed by atoms with Gasteiger partial charge < -0.3 is 5.11 Å². The molecule has 0 saturated heterocycles. The Morgan fingerprint density at radius 3 is 2.56 bits per heavy atom. The number of hydrogen-bond acceptors (Lipinski definition) is 2. The van der Waals surface area contributed by atoms with Gasteiger partial charge in [0.25, 0.3) is 0 Å². The molecule has 18 heavy (non-hydrogen) atoms. The van der Waals surface area contributed by atoms with Crippen molar-refractivity contribution >= 4 is 17.3 Å². The summed E-state index contributed by atoms with van der Waals surface area (Å²) in [6.45, 7) is 0. The number of halogens is 3. The van der Waals surface area contributed by atoms with Gasteiger partial charge in [0.2, 0.25) is 0 Å². The first-order valence-corrected chi connectivity index (χ1v) is 5.76. The summed E-state index contributed by atoms with van der Waals surface area (Å²) in [7, 11) is 0. The number of alkyl halides is 3. The van der Waals surface area contributed by atoms with Crippen LogP contribution in [0.1, 0.15) is 15.2 Å². The lowest BCUT2D eigenvalue weighted by molar-refractivity contribution is -0.137. The zero-order valence-electron chi connectivity index (χ0n) is 8.86. The molecule has 0 spiro atoms. The normalized spacial score (nSPS) is 11.5. The molecule has 0 unspecified atom stereocenters. The highest BCUT2D eigenvalue weighted by Gasteiger charge is 2.30. The van der Waals surface area contributed by atoms with Gasteiger partial charge >= 0.3 is 12.1 Å². The number of rotatable bonds is 2. The lowest BCUT2D eigenvalue weighted by Crippen LogP contribution is -2.04. The average Bonchev–Trinajstić information content (AvgIpc) is 2.77. The van der Waals surface area contributed by atoms with Crippen molar-refractivity contribution in [2.24, 2.45) is 0 Å². The third-order valence-electron chi connectivity index (χ3n) is 2.36. The Kier molecular flexibility index (Phi) is 3.13. The molecule has 0 bridgehead atoms. The number of thiophene rings is 1. The highest BCUT2D eigenvalue weighted by Crippen LogP contribution is 2.34. The maximum atomic E-state index is 12.6. The number of carboxylic acids is 1. The minimum absolute atomic E-state index is 0.0364. The van der Waals surface area contributed by atoms with Crippen molar-refractivity contribution in [3.05, 3.63) is 46.2 Å². The van der Waals surface area contributed by atoms with Crippen LogP contribution in [0.25, 0.3) is 11.1 Å². The second-order valence-electron chi connectivity index (χ2n) is 3.55. The van der Waals surface area contributed by atoms with Crippen molar-refractivity contribution < 1.29 is 23.1 Å². The van der Waals surface area contributed by atoms with Crippen LogP contribution < -0.4 is 0 Å². The molecule has 0 aliphatic rings. The molecule has 0 amide bonds. The van der Waals surface area contributed by atoms with Crippen molar-refractivity contribution in [1.29, 1.82) is 0 Å². The van der Waals surface area contributed by atoms with Crippen LogP contribution in [0.3, 0.4) is 0 Å². The molecule has 0 aliphatic heterocycles. The van der Waals surface area contributed by atoms with Gasteiger partial charge in [-0.3, -0.25) is 0 Å². The Labute approximate surface area is 104 Å². The third kappa shape index (κ3) is 2.38. The summed E-state index contributed by atoms with van der Waals surface area (Å²) in [6, 6.07) is 6.14. The van der Waals surface area contributed by atoms with E-state index in [1.165, 1.54) is 18.2 Å². The average molecular weight is 272 g/mol. The summed E-state index contributed by atoms with van der Waals surface area (Å²) in [5.41, 5.74) is -0.232. The largest absolute Gasteiger partial charge is 0.477 e. The molecule has 2 rings (SSSR count). The monoisotopic (exact) mass is 272 g/mol. The lowest BCUT2D eigenvalue weighted by Gasteiger charge is -2.08. The molecule has 94 valence electrons. The van der Waals surface area contributed by atoms with Gasteiger partial charge in [0.05, 0.1) is 5.56 Å². The first-order chi connectivity index (χ1) is 8.39. The zero-order valence-corrected chi connectivity index (χ0v) is 9.68. The Morgan fingerprint density at radius 1 is 1.22 bits per heavy atom. The van der Waals surface area contributed by atoms with E-state index in [9.17, 15) is 18.0 Å². The van der Waals surface area contributed by atoms with Gasteiger partial charge in [-0.1, -0.05) is 12.1 Å². The topological polar surface area (TPSA) is 37.3 Å². The van der Waals surface area contributed by atoms with E-state index in [0.717, 1.165) is 23.5 Å². The van der Waals surface area contributed by atoms with Crippen molar-refractivity contribution in [3.63, 3.8) is 0 Å². The SMILES string of the molecule is O=C(O)c1sccc1-c1cccc(C(F)(F)F)c1. The molecule has 1 aromatic heterocycles. The maximum Gasteiger partial charge on any atom is 0.416 e. The van der Waals surface area contributed by atoms with E-state index in [2.05, 4.69) is 0 Å². The van der Waals surface area contributed by atoms with Crippen molar-refractivity contribution in [1.82, 2.24) is 0 Å². The molecule has 0 saturated carbocycles. The molecular formula is C12H7F3O2S. The molecule has 1 heterocycles. The van der Waals surface area contributed by atoms with Gasteiger partial charge in [-0.25, -0.2) is 4.79 Å². The smallest absolute Gasteiger partial charge is 0.416 e. The summed E-state index contributed by atoms with van der Waals surface area (Å²) < 4.78 is 37.7. The first kappa shape index (κ1) is 12.6. The third-order valence-corrected chi connectivity index (χ3v) is 3.26. The summed E-state index contributed by atoms with van der Waals surface area (Å²) >= 11 is 0.985. The Morgan fingerprint density at radius 2 is 1.94 bits per heavy atom. The van der Waals surface area contributed by atoms with Crippen LogP contribution in [-0.2, 0) is 6.18 Å². The van der Waals surface area contributed by atoms with E-state index in [1.807, 2.05) is 0 Å². The fraction of sp³-hybridized carbons (Fsp3) is 0.0833. The van der Waals surface area contributed by atoms with Gasteiger partial charge in [0, 0.05) is 5.56 Å². The fourth-order valence-electron chi connectivity index (χ4n) is 1.57. The predicted octanol–water partition coefficient (Wildman–Crippen LogP) is 4.13. The highest BCUT2D eigenvalue weighted by atomic mass is 32.1. The Hall–Kier alpha value is -1.82. The minimum atomic E-state index is -4.44. The Balaban J connectivity index is 2.52. The van der Waals surface area contributed by atoms with Gasteiger partial charge in [-0.2, -0.15) is 13.2 Å². The number of carboxylic acid groups (broad SMARTS) is 1. The molecule has 1 aromatic carbocycles. The van der Waals surface area contributed by atoms with Crippen LogP contribution in [0, 0.1) is 0 Å². The number of benzene rings is 1. The molecule has 0 atom stereocenters.